The van der Waals surface area contributed by atoms with Crippen LogP contribution in [-0.2, 0) is 25.5 Å². The molecule has 0 saturated heterocycles. The normalized spacial score (nSPS) is 16.2. The van der Waals surface area contributed by atoms with Gasteiger partial charge in [-0.2, -0.15) is 0 Å². The van der Waals surface area contributed by atoms with E-state index in [9.17, 15) is 19.5 Å². The molecule has 2 aromatic rings. The van der Waals surface area contributed by atoms with Crippen LogP contribution >= 0.6 is 0 Å². The summed E-state index contributed by atoms with van der Waals surface area (Å²) in [6, 6.07) is 9.55. The zero-order valence-electron chi connectivity index (χ0n) is 17.9. The first kappa shape index (κ1) is 22.2. The number of Topliss-reactive ketones (excluding diaryl/α,β-unsaturated/α-hetero) is 1. The van der Waals surface area contributed by atoms with Gasteiger partial charge >= 0.3 is 5.97 Å². The number of aromatic nitrogens is 1. The molecule has 0 saturated carbocycles. The van der Waals surface area contributed by atoms with E-state index in [2.05, 4.69) is 4.98 Å². The monoisotopic (exact) mass is 422 g/mol. The summed E-state index contributed by atoms with van der Waals surface area (Å²) in [5.74, 6) is -1.67. The SMILES string of the molecule is CCOC(=O)Cc1ccc(N2C(=O)C(O)=C(C(=O)CC(C)C)C2c2ccncc2)cc1. The van der Waals surface area contributed by atoms with Crippen molar-refractivity contribution in [2.75, 3.05) is 11.5 Å². The third-order valence-corrected chi connectivity index (χ3v) is 4.99. The maximum absolute atomic E-state index is 13.0. The highest BCUT2D eigenvalue weighted by atomic mass is 16.5. The van der Waals surface area contributed by atoms with Crippen molar-refractivity contribution in [1.82, 2.24) is 4.98 Å². The van der Waals surface area contributed by atoms with Gasteiger partial charge in [0.2, 0.25) is 0 Å². The molecule has 1 amide bonds. The molecule has 1 unspecified atom stereocenters. The van der Waals surface area contributed by atoms with Gasteiger partial charge in [0.15, 0.2) is 11.5 Å². The number of rotatable bonds is 8. The van der Waals surface area contributed by atoms with Crippen molar-refractivity contribution in [1.29, 1.82) is 0 Å². The molecule has 31 heavy (non-hydrogen) atoms. The Bertz CT molecular complexity index is 996. The van der Waals surface area contributed by atoms with Crippen LogP contribution in [0.2, 0.25) is 0 Å². The van der Waals surface area contributed by atoms with E-state index < -0.39 is 17.7 Å². The van der Waals surface area contributed by atoms with E-state index in [-0.39, 0.29) is 36.1 Å². The largest absolute Gasteiger partial charge is 0.503 e. The van der Waals surface area contributed by atoms with E-state index in [1.807, 2.05) is 13.8 Å². The van der Waals surface area contributed by atoms with E-state index in [1.54, 1.807) is 55.7 Å². The van der Waals surface area contributed by atoms with Crippen LogP contribution in [0.15, 0.2) is 60.1 Å². The fourth-order valence-corrected chi connectivity index (χ4v) is 3.65. The van der Waals surface area contributed by atoms with Crippen LogP contribution in [0.1, 0.15) is 44.4 Å². The minimum absolute atomic E-state index is 0.0807. The van der Waals surface area contributed by atoms with Crippen LogP contribution < -0.4 is 4.90 Å². The maximum atomic E-state index is 13.0. The minimum atomic E-state index is -0.752. The molecule has 0 radical (unpaired) electrons. The summed E-state index contributed by atoms with van der Waals surface area (Å²) in [4.78, 5) is 43.1. The fourth-order valence-electron chi connectivity index (χ4n) is 3.65. The van der Waals surface area contributed by atoms with E-state index in [1.165, 1.54) is 4.90 Å². The lowest BCUT2D eigenvalue weighted by molar-refractivity contribution is -0.142. The number of carbonyl (C=O) groups excluding carboxylic acids is 3. The topological polar surface area (TPSA) is 96.8 Å². The van der Waals surface area contributed by atoms with Gasteiger partial charge < -0.3 is 9.84 Å². The minimum Gasteiger partial charge on any atom is -0.503 e. The predicted molar refractivity (Wildman–Crippen MR) is 115 cm³/mol. The van der Waals surface area contributed by atoms with Gasteiger partial charge in [0.05, 0.1) is 24.6 Å². The Labute approximate surface area is 181 Å². The molecule has 0 fully saturated rings. The fraction of sp³-hybridized carbons (Fsp3) is 0.333. The lowest BCUT2D eigenvalue weighted by Gasteiger charge is -2.27. The van der Waals surface area contributed by atoms with Crippen molar-refractivity contribution >= 4 is 23.3 Å². The molecule has 1 aliphatic rings. The molecule has 7 nitrogen and oxygen atoms in total. The second-order valence-electron chi connectivity index (χ2n) is 7.79. The zero-order valence-corrected chi connectivity index (χ0v) is 17.9. The van der Waals surface area contributed by atoms with Crippen LogP contribution in [0.25, 0.3) is 0 Å². The Morgan fingerprint density at radius 2 is 1.77 bits per heavy atom. The summed E-state index contributed by atoms with van der Waals surface area (Å²) in [5, 5.41) is 10.6. The van der Waals surface area contributed by atoms with Gasteiger partial charge in [0.1, 0.15) is 0 Å². The number of ether oxygens (including phenoxy) is 1. The lowest BCUT2D eigenvalue weighted by atomic mass is 9.92. The molecule has 0 aliphatic carbocycles. The van der Waals surface area contributed by atoms with E-state index >= 15 is 0 Å². The lowest BCUT2D eigenvalue weighted by Crippen LogP contribution is -2.31. The highest BCUT2D eigenvalue weighted by Crippen LogP contribution is 2.41. The molecular weight excluding hydrogens is 396 g/mol. The molecule has 2 heterocycles. The summed E-state index contributed by atoms with van der Waals surface area (Å²) >= 11 is 0. The van der Waals surface area contributed by atoms with Crippen molar-refractivity contribution in [2.24, 2.45) is 5.92 Å². The molecule has 3 rings (SSSR count). The molecule has 1 atom stereocenters. The van der Waals surface area contributed by atoms with Crippen molar-refractivity contribution < 1.29 is 24.2 Å². The van der Waals surface area contributed by atoms with E-state index in [0.717, 1.165) is 5.56 Å². The predicted octanol–water partition coefficient (Wildman–Crippen LogP) is 3.70. The van der Waals surface area contributed by atoms with Gasteiger partial charge in [-0.3, -0.25) is 24.3 Å². The Kier molecular flexibility index (Phi) is 6.84. The summed E-state index contributed by atoms with van der Waals surface area (Å²) < 4.78 is 4.97. The van der Waals surface area contributed by atoms with Gasteiger partial charge in [0.25, 0.3) is 5.91 Å². The summed E-state index contributed by atoms with van der Waals surface area (Å²) in [7, 11) is 0. The first-order chi connectivity index (χ1) is 14.8. The van der Waals surface area contributed by atoms with Crippen molar-refractivity contribution in [3.05, 3.63) is 71.3 Å². The molecule has 162 valence electrons. The molecule has 0 spiro atoms. The Morgan fingerprint density at radius 3 is 2.35 bits per heavy atom. The number of aliphatic hydroxyl groups is 1. The summed E-state index contributed by atoms with van der Waals surface area (Å²) in [6.07, 6.45) is 3.51. The van der Waals surface area contributed by atoms with Crippen LogP contribution in [0, 0.1) is 5.92 Å². The molecule has 1 N–H and O–H groups in total. The van der Waals surface area contributed by atoms with Gasteiger partial charge in [0, 0.05) is 24.5 Å². The van der Waals surface area contributed by atoms with Gasteiger partial charge in [-0.05, 0) is 48.2 Å². The third-order valence-electron chi connectivity index (χ3n) is 4.99. The van der Waals surface area contributed by atoms with Gasteiger partial charge in [-0.1, -0.05) is 26.0 Å². The zero-order chi connectivity index (χ0) is 22.5. The number of carbonyl (C=O) groups is 3. The first-order valence-electron chi connectivity index (χ1n) is 10.3. The molecule has 1 aliphatic heterocycles. The maximum Gasteiger partial charge on any atom is 0.310 e. The highest BCUT2D eigenvalue weighted by Gasteiger charge is 2.44. The second kappa shape index (κ2) is 9.55. The van der Waals surface area contributed by atoms with Crippen LogP contribution in [0.3, 0.4) is 0 Å². The number of ketones is 1. The number of esters is 1. The third kappa shape index (κ3) is 4.82. The Hall–Kier alpha value is -3.48. The Morgan fingerprint density at radius 1 is 1.13 bits per heavy atom. The number of aliphatic hydroxyl groups excluding tert-OH is 1. The highest BCUT2D eigenvalue weighted by molar-refractivity contribution is 6.16. The van der Waals surface area contributed by atoms with E-state index in [0.29, 0.717) is 17.9 Å². The average Bonchev–Trinajstić information content (AvgIpc) is 3.00. The number of hydrogen-bond donors (Lipinski definition) is 1. The molecule has 1 aromatic carbocycles. The van der Waals surface area contributed by atoms with E-state index in [4.69, 9.17) is 4.74 Å². The molecule has 1 aromatic heterocycles. The van der Waals surface area contributed by atoms with Gasteiger partial charge in [-0.25, -0.2) is 0 Å². The van der Waals surface area contributed by atoms with Crippen molar-refractivity contribution in [3.8, 4) is 0 Å². The second-order valence-corrected chi connectivity index (χ2v) is 7.79. The Balaban J connectivity index is 1.98. The molecule has 0 bridgehead atoms. The number of hydrogen-bond acceptors (Lipinski definition) is 6. The quantitative estimate of drug-likeness (QED) is 0.652. The number of benzene rings is 1. The van der Waals surface area contributed by atoms with Crippen molar-refractivity contribution in [2.45, 2.75) is 39.7 Å². The van der Waals surface area contributed by atoms with Crippen molar-refractivity contribution in [3.63, 3.8) is 0 Å². The molecule has 7 heteroatoms. The molecular formula is C24H26N2O5. The van der Waals surface area contributed by atoms with Gasteiger partial charge in [-0.15, -0.1) is 0 Å². The van der Waals surface area contributed by atoms with Crippen LogP contribution in [-0.4, -0.2) is 34.4 Å². The summed E-state index contributed by atoms with van der Waals surface area (Å²) in [6.45, 7) is 5.88. The number of nitrogens with zero attached hydrogens (tertiary/aromatic N) is 2. The number of anilines is 1. The smallest absolute Gasteiger partial charge is 0.310 e. The standard InChI is InChI=1S/C24H26N2O5/c1-4-31-20(28)14-16-5-7-18(8-6-16)26-22(17-9-11-25-12-10-17)21(23(29)24(26)30)19(27)13-15(2)3/h5-12,15,22,29H,4,13-14H2,1-3H3. The van der Waals surface area contributed by atoms with Crippen LogP contribution in [0.4, 0.5) is 5.69 Å². The number of pyridine rings is 1. The van der Waals surface area contributed by atoms with Crippen LogP contribution in [0.5, 0.6) is 0 Å². The number of amides is 1. The first-order valence-corrected chi connectivity index (χ1v) is 10.3. The average molecular weight is 422 g/mol. The summed E-state index contributed by atoms with van der Waals surface area (Å²) in [5.41, 5.74) is 2.02.